The Kier molecular flexibility index (Phi) is 10.6. The fourth-order valence-electron chi connectivity index (χ4n) is 5.88. The first-order chi connectivity index (χ1) is 23.4. The first kappa shape index (κ1) is 33.1. The number of aromatic nitrogens is 1. The summed E-state index contributed by atoms with van der Waals surface area (Å²) >= 11 is 3.59. The minimum atomic E-state index is 0.733. The van der Waals surface area contributed by atoms with Gasteiger partial charge in [-0.05, 0) is 111 Å². The minimum absolute atomic E-state index is 0.733. The zero-order valence-corrected chi connectivity index (χ0v) is 29.7. The first-order valence-corrected chi connectivity index (χ1v) is 18.2. The molecule has 6 heteroatoms. The van der Waals surface area contributed by atoms with Gasteiger partial charge < -0.3 is 14.2 Å². The Bertz CT molecular complexity index is 2040. The molecule has 0 saturated carbocycles. The lowest BCUT2D eigenvalue weighted by Crippen LogP contribution is -2.09. The second-order valence-corrected chi connectivity index (χ2v) is 14.3. The van der Waals surface area contributed by atoms with E-state index in [9.17, 15) is 5.26 Å². The molecule has 6 aromatic rings. The van der Waals surface area contributed by atoms with Crippen molar-refractivity contribution in [3.63, 3.8) is 0 Å². The molecule has 6 rings (SSSR count). The van der Waals surface area contributed by atoms with Crippen LogP contribution in [-0.2, 0) is 6.54 Å². The highest BCUT2D eigenvalue weighted by atomic mass is 32.1. The Balaban J connectivity index is 1.27. The number of nitrogens with zero attached hydrogens (tertiary/aromatic N) is 3. The van der Waals surface area contributed by atoms with E-state index in [0.717, 1.165) is 51.8 Å². The summed E-state index contributed by atoms with van der Waals surface area (Å²) in [6.45, 7) is 7.23. The molecule has 0 saturated heterocycles. The molecule has 0 unspecified atom stereocenters. The van der Waals surface area contributed by atoms with Crippen molar-refractivity contribution < 1.29 is 4.74 Å². The van der Waals surface area contributed by atoms with Crippen LogP contribution in [0.5, 0.6) is 5.75 Å². The lowest BCUT2D eigenvalue weighted by Gasteiger charge is -2.26. The van der Waals surface area contributed by atoms with Gasteiger partial charge in [0.1, 0.15) is 5.75 Å². The van der Waals surface area contributed by atoms with Gasteiger partial charge in [-0.2, -0.15) is 5.26 Å². The van der Waals surface area contributed by atoms with Gasteiger partial charge in [0, 0.05) is 49.2 Å². The number of hydrogen-bond acceptors (Lipinski definition) is 5. The van der Waals surface area contributed by atoms with Gasteiger partial charge in [-0.15, -0.1) is 22.7 Å². The molecule has 3 heterocycles. The third-order valence-electron chi connectivity index (χ3n) is 8.48. The van der Waals surface area contributed by atoms with Gasteiger partial charge in [-0.3, -0.25) is 0 Å². The highest BCUT2D eigenvalue weighted by Gasteiger charge is 2.15. The molecule has 0 aliphatic carbocycles. The van der Waals surface area contributed by atoms with Gasteiger partial charge >= 0.3 is 0 Å². The maximum absolute atomic E-state index is 9.19. The number of anilines is 3. The number of aryl methyl sites for hydroxylation is 1. The number of ether oxygens (including phenoxy) is 1. The number of hydrogen-bond donors (Lipinski definition) is 0. The molecule has 4 nitrogen and oxygen atoms in total. The normalized spacial score (nSPS) is 11.8. The van der Waals surface area contributed by atoms with Crippen molar-refractivity contribution in [3.05, 3.63) is 124 Å². The molecule has 242 valence electrons. The molecule has 0 fully saturated rings. The van der Waals surface area contributed by atoms with Crippen molar-refractivity contribution in [2.24, 2.45) is 0 Å². The van der Waals surface area contributed by atoms with Crippen LogP contribution in [0, 0.1) is 18.3 Å². The number of rotatable bonds is 13. The smallest absolute Gasteiger partial charge is 0.119 e. The Morgan fingerprint density at radius 2 is 1.48 bits per heavy atom. The van der Waals surface area contributed by atoms with Crippen molar-refractivity contribution in [2.45, 2.75) is 53.0 Å². The monoisotopic (exact) mass is 667 g/mol. The lowest BCUT2D eigenvalue weighted by atomic mass is 10.1. The fourth-order valence-corrected chi connectivity index (χ4v) is 8.32. The Morgan fingerprint density at radius 3 is 2.12 bits per heavy atom. The summed E-state index contributed by atoms with van der Waals surface area (Å²) in [5.74, 6) is 0.842. The van der Waals surface area contributed by atoms with Crippen molar-refractivity contribution in [2.75, 3.05) is 12.0 Å². The molecule has 0 spiro atoms. The number of benzene rings is 3. The minimum Gasteiger partial charge on any atom is -0.497 e. The summed E-state index contributed by atoms with van der Waals surface area (Å²) in [5, 5.41) is 9.19. The summed E-state index contributed by atoms with van der Waals surface area (Å²) < 4.78 is 10.5. The Hall–Kier alpha value is -4.83. The topological polar surface area (TPSA) is 41.2 Å². The quantitative estimate of drug-likeness (QED) is 0.0909. The highest BCUT2D eigenvalue weighted by Crippen LogP contribution is 2.40. The molecule has 3 aromatic carbocycles. The fraction of sp³-hybridized carbons (Fsp3) is 0.214. The van der Waals surface area contributed by atoms with E-state index >= 15 is 0 Å². The van der Waals surface area contributed by atoms with E-state index in [1.165, 1.54) is 50.5 Å². The van der Waals surface area contributed by atoms with E-state index in [4.69, 9.17) is 4.74 Å². The van der Waals surface area contributed by atoms with Gasteiger partial charge in [-0.1, -0.05) is 62.1 Å². The average molecular weight is 668 g/mol. The molecule has 48 heavy (non-hydrogen) atoms. The van der Waals surface area contributed by atoms with Gasteiger partial charge in [0.2, 0.25) is 0 Å². The Labute approximate surface area is 292 Å². The summed E-state index contributed by atoms with van der Waals surface area (Å²) in [6.07, 6.45) is 11.3. The number of fused-ring (bicyclic) bond motifs is 1. The van der Waals surface area contributed by atoms with Crippen molar-refractivity contribution in [1.82, 2.24) is 4.57 Å². The van der Waals surface area contributed by atoms with Crippen LogP contribution in [0.1, 0.15) is 61.2 Å². The molecule has 3 aromatic heterocycles. The Morgan fingerprint density at radius 1 is 0.812 bits per heavy atom. The van der Waals surface area contributed by atoms with Gasteiger partial charge in [0.05, 0.1) is 23.8 Å². The lowest BCUT2D eigenvalue weighted by molar-refractivity contribution is 0.415. The predicted molar refractivity (Wildman–Crippen MR) is 208 cm³/mol. The second-order valence-electron chi connectivity index (χ2n) is 12.1. The van der Waals surface area contributed by atoms with E-state index in [-0.39, 0.29) is 0 Å². The maximum atomic E-state index is 9.19. The van der Waals surface area contributed by atoms with E-state index in [2.05, 4.69) is 126 Å². The van der Waals surface area contributed by atoms with Gasteiger partial charge in [0.15, 0.2) is 0 Å². The largest absolute Gasteiger partial charge is 0.497 e. The van der Waals surface area contributed by atoms with Gasteiger partial charge in [-0.25, -0.2) is 0 Å². The molecule has 0 bridgehead atoms. The zero-order chi connectivity index (χ0) is 33.5. The molecule has 0 atom stereocenters. The zero-order valence-electron chi connectivity index (χ0n) is 28.1. The van der Waals surface area contributed by atoms with E-state index in [1.807, 2.05) is 36.5 Å². The van der Waals surface area contributed by atoms with Gasteiger partial charge in [0.25, 0.3) is 0 Å². The standard InChI is InChI=1S/C42H41N3OS2/c1-5-6-7-8-25-44-33(21-24-39(44)40-28-42-41(48-40)27-38(47-42)26-31(3)29-43)16-11-32-12-17-35(18-13-32)45(34-14-9-30(2)10-15-34)36-19-22-37(46-4)23-20-36/h9-24,26-28H,5-8,25H2,1-4H3/b16-11+,31-26-. The molecular formula is C42H41N3OS2. The number of thiophene rings is 2. The molecule has 0 N–H and O–H groups in total. The molecule has 0 aliphatic heterocycles. The third kappa shape index (κ3) is 7.65. The average Bonchev–Trinajstić information content (AvgIpc) is 3.81. The van der Waals surface area contributed by atoms with Crippen LogP contribution in [0.2, 0.25) is 0 Å². The van der Waals surface area contributed by atoms with Crippen LogP contribution in [0.4, 0.5) is 17.1 Å². The molecular weight excluding hydrogens is 627 g/mol. The van der Waals surface area contributed by atoms with Crippen molar-refractivity contribution in [1.29, 1.82) is 5.26 Å². The predicted octanol–water partition coefficient (Wildman–Crippen LogP) is 12.9. The van der Waals surface area contributed by atoms with Crippen molar-refractivity contribution in [3.8, 4) is 22.4 Å². The molecule has 0 aliphatic rings. The summed E-state index contributed by atoms with van der Waals surface area (Å²) in [6, 6.07) is 36.9. The SMILES string of the molecule is CCCCCCn1c(/C=C/c2ccc(N(c3ccc(C)cc3)c3ccc(OC)cc3)cc2)ccc1-c1cc2sc(/C=C(/C)C#N)cc2s1. The highest BCUT2D eigenvalue weighted by molar-refractivity contribution is 7.29. The van der Waals surface area contributed by atoms with E-state index in [0.29, 0.717) is 0 Å². The molecule has 0 amide bonds. The van der Waals surface area contributed by atoms with E-state index < -0.39 is 0 Å². The van der Waals surface area contributed by atoms with Crippen LogP contribution in [0.3, 0.4) is 0 Å². The maximum Gasteiger partial charge on any atom is 0.119 e. The summed E-state index contributed by atoms with van der Waals surface area (Å²) in [5.41, 5.74) is 8.90. The molecule has 0 radical (unpaired) electrons. The van der Waals surface area contributed by atoms with Crippen LogP contribution in [0.25, 0.3) is 38.2 Å². The number of allylic oxidation sites excluding steroid dienone is 1. The second kappa shape index (κ2) is 15.4. The van der Waals surface area contributed by atoms with Crippen LogP contribution >= 0.6 is 22.7 Å². The number of nitriles is 1. The van der Waals surface area contributed by atoms with Crippen molar-refractivity contribution >= 4 is 67.4 Å². The summed E-state index contributed by atoms with van der Waals surface area (Å²) in [4.78, 5) is 4.70. The van der Waals surface area contributed by atoms with Crippen LogP contribution in [0.15, 0.2) is 103 Å². The number of unbranched alkanes of at least 4 members (excludes halogenated alkanes) is 3. The third-order valence-corrected chi connectivity index (χ3v) is 10.7. The van der Waals surface area contributed by atoms with Crippen LogP contribution < -0.4 is 9.64 Å². The first-order valence-electron chi connectivity index (χ1n) is 16.6. The number of methoxy groups -OCH3 is 1. The van der Waals surface area contributed by atoms with Crippen LogP contribution in [-0.4, -0.2) is 11.7 Å². The van der Waals surface area contributed by atoms with E-state index in [1.54, 1.807) is 18.4 Å². The summed E-state index contributed by atoms with van der Waals surface area (Å²) in [7, 11) is 1.70.